The number of anilines is 2. The number of aromatic nitrogens is 2. The minimum absolute atomic E-state index is 0.0701. The Kier molecular flexibility index (Phi) is 7.14. The van der Waals surface area contributed by atoms with Crippen LogP contribution in [0.25, 0.3) is 0 Å². The van der Waals surface area contributed by atoms with Crippen LogP contribution in [0.3, 0.4) is 0 Å². The molecule has 2 aliphatic heterocycles. The number of carbonyl (C=O) groups excluding carboxylic acids is 1. The Morgan fingerprint density at radius 3 is 2.35 bits per heavy atom. The molecule has 1 amide bonds. The fourth-order valence-electron chi connectivity index (χ4n) is 4.87. The molecule has 1 N–H and O–H groups in total. The van der Waals surface area contributed by atoms with Crippen LogP contribution in [0.15, 0.2) is 59.4 Å². The number of piperazine rings is 2. The van der Waals surface area contributed by atoms with Gasteiger partial charge in [0.2, 0.25) is 5.95 Å². The van der Waals surface area contributed by atoms with Gasteiger partial charge < -0.3 is 14.7 Å². The van der Waals surface area contributed by atoms with Crippen LogP contribution < -0.4 is 15.4 Å². The van der Waals surface area contributed by atoms with E-state index in [0.717, 1.165) is 31.9 Å². The minimum Gasteiger partial charge on any atom is -0.368 e. The lowest BCUT2D eigenvalue weighted by Gasteiger charge is -2.36. The van der Waals surface area contributed by atoms with Crippen molar-refractivity contribution in [1.82, 2.24) is 19.8 Å². The summed E-state index contributed by atoms with van der Waals surface area (Å²) < 4.78 is 14.0. The van der Waals surface area contributed by atoms with Gasteiger partial charge >= 0.3 is 0 Å². The van der Waals surface area contributed by atoms with Gasteiger partial charge in [0, 0.05) is 65.0 Å². The van der Waals surface area contributed by atoms with Gasteiger partial charge in [0.25, 0.3) is 11.5 Å². The first kappa shape index (κ1) is 24.5. The number of aromatic amines is 1. The molecular formula is C27H28FN7O2. The number of para-hydroxylation sites is 1. The fourth-order valence-corrected chi connectivity index (χ4v) is 4.87. The molecule has 0 unspecified atom stereocenters. The number of hydrogen-bond donors (Lipinski definition) is 1. The number of rotatable bonds is 5. The molecular weight excluding hydrogens is 473 g/mol. The molecule has 5 rings (SSSR count). The zero-order chi connectivity index (χ0) is 25.8. The van der Waals surface area contributed by atoms with Gasteiger partial charge in [-0.15, -0.1) is 0 Å². The Morgan fingerprint density at radius 2 is 1.62 bits per heavy atom. The Hall–Kier alpha value is -4.23. The highest BCUT2D eigenvalue weighted by molar-refractivity contribution is 5.94. The van der Waals surface area contributed by atoms with E-state index < -0.39 is 5.82 Å². The van der Waals surface area contributed by atoms with Crippen molar-refractivity contribution >= 4 is 17.5 Å². The van der Waals surface area contributed by atoms with Gasteiger partial charge in [-0.25, -0.2) is 9.37 Å². The summed E-state index contributed by atoms with van der Waals surface area (Å²) in [4.78, 5) is 40.7. The number of halogens is 1. The van der Waals surface area contributed by atoms with Gasteiger partial charge in [-0.05, 0) is 24.3 Å². The second-order valence-corrected chi connectivity index (χ2v) is 9.21. The molecule has 0 aliphatic carbocycles. The first-order valence-corrected chi connectivity index (χ1v) is 12.4. The summed E-state index contributed by atoms with van der Waals surface area (Å²) >= 11 is 0. The molecule has 3 heterocycles. The van der Waals surface area contributed by atoms with Crippen molar-refractivity contribution in [3.63, 3.8) is 0 Å². The van der Waals surface area contributed by atoms with Crippen molar-refractivity contribution in [3.8, 4) is 6.07 Å². The van der Waals surface area contributed by atoms with Gasteiger partial charge in [-0.3, -0.25) is 19.5 Å². The average Bonchev–Trinajstić information content (AvgIpc) is 2.93. The van der Waals surface area contributed by atoms with Crippen LogP contribution in [-0.2, 0) is 6.54 Å². The number of H-pyrrole nitrogens is 1. The summed E-state index contributed by atoms with van der Waals surface area (Å²) in [5.74, 6) is -0.365. The van der Waals surface area contributed by atoms with E-state index in [-0.39, 0.29) is 17.0 Å². The SMILES string of the molecule is N#Cc1ccccc1N1CCN(Cc2cc(=O)[nH]c(N3CCN(C(=O)c4ccccc4F)CC3)n2)CC1. The maximum atomic E-state index is 14.0. The van der Waals surface area contributed by atoms with E-state index >= 15 is 0 Å². The molecule has 0 spiro atoms. The van der Waals surface area contributed by atoms with Crippen LogP contribution in [0.5, 0.6) is 0 Å². The number of amides is 1. The predicted octanol–water partition coefficient (Wildman–Crippen LogP) is 2.07. The second-order valence-electron chi connectivity index (χ2n) is 9.21. The first-order chi connectivity index (χ1) is 18.0. The summed E-state index contributed by atoms with van der Waals surface area (Å²) in [6.07, 6.45) is 0. The maximum Gasteiger partial charge on any atom is 0.256 e. The Morgan fingerprint density at radius 1 is 0.946 bits per heavy atom. The van der Waals surface area contributed by atoms with Crippen molar-refractivity contribution in [1.29, 1.82) is 5.26 Å². The number of hydrogen-bond acceptors (Lipinski definition) is 7. The zero-order valence-electron chi connectivity index (χ0n) is 20.4. The summed E-state index contributed by atoms with van der Waals surface area (Å²) in [7, 11) is 0. The summed E-state index contributed by atoms with van der Waals surface area (Å²) in [5, 5.41) is 9.39. The molecule has 1 aromatic heterocycles. The zero-order valence-corrected chi connectivity index (χ0v) is 20.4. The Bertz CT molecular complexity index is 1370. The van der Waals surface area contributed by atoms with Crippen LogP contribution in [0.2, 0.25) is 0 Å². The van der Waals surface area contributed by atoms with E-state index in [0.29, 0.717) is 49.9 Å². The van der Waals surface area contributed by atoms with Crippen LogP contribution in [0, 0.1) is 17.1 Å². The molecule has 3 aromatic rings. The largest absolute Gasteiger partial charge is 0.368 e. The lowest BCUT2D eigenvalue weighted by molar-refractivity contribution is 0.0741. The van der Waals surface area contributed by atoms with Crippen molar-refractivity contribution < 1.29 is 9.18 Å². The van der Waals surface area contributed by atoms with Crippen molar-refractivity contribution in [2.75, 3.05) is 62.2 Å². The van der Waals surface area contributed by atoms with E-state index in [2.05, 4.69) is 20.9 Å². The molecule has 0 radical (unpaired) electrons. The molecule has 2 aliphatic rings. The summed E-state index contributed by atoms with van der Waals surface area (Å²) in [6, 6.07) is 17.4. The monoisotopic (exact) mass is 501 g/mol. The van der Waals surface area contributed by atoms with Gasteiger partial charge in [0.15, 0.2) is 0 Å². The number of nitrogens with one attached hydrogen (secondary N) is 1. The number of carbonyl (C=O) groups is 1. The molecule has 190 valence electrons. The van der Waals surface area contributed by atoms with Gasteiger partial charge in [-0.1, -0.05) is 24.3 Å². The lowest BCUT2D eigenvalue weighted by atomic mass is 10.1. The van der Waals surface area contributed by atoms with Crippen LogP contribution >= 0.6 is 0 Å². The molecule has 0 bridgehead atoms. The molecule has 0 atom stereocenters. The van der Waals surface area contributed by atoms with Crippen LogP contribution in [0.1, 0.15) is 21.6 Å². The summed E-state index contributed by atoms with van der Waals surface area (Å²) in [5.41, 5.74) is 2.17. The lowest BCUT2D eigenvalue weighted by Crippen LogP contribution is -2.50. The van der Waals surface area contributed by atoms with Crippen molar-refractivity contribution in [2.45, 2.75) is 6.54 Å². The molecule has 10 heteroatoms. The highest BCUT2D eigenvalue weighted by Gasteiger charge is 2.26. The minimum atomic E-state index is -0.524. The third-order valence-electron chi connectivity index (χ3n) is 6.88. The second kappa shape index (κ2) is 10.8. The molecule has 0 saturated carbocycles. The normalized spacial score (nSPS) is 16.5. The van der Waals surface area contributed by atoms with Gasteiger partial charge in [-0.2, -0.15) is 5.26 Å². The number of benzene rings is 2. The molecule has 9 nitrogen and oxygen atoms in total. The van der Waals surface area contributed by atoms with E-state index in [4.69, 9.17) is 4.98 Å². The first-order valence-electron chi connectivity index (χ1n) is 12.4. The van der Waals surface area contributed by atoms with Crippen molar-refractivity contribution in [3.05, 3.63) is 87.6 Å². The molecule has 2 fully saturated rings. The predicted molar refractivity (Wildman–Crippen MR) is 138 cm³/mol. The highest BCUT2D eigenvalue weighted by Crippen LogP contribution is 2.22. The molecule has 37 heavy (non-hydrogen) atoms. The van der Waals surface area contributed by atoms with E-state index in [1.54, 1.807) is 17.0 Å². The Labute approximate surface area is 214 Å². The van der Waals surface area contributed by atoms with Crippen LogP contribution in [-0.4, -0.2) is 78.0 Å². The summed E-state index contributed by atoms with van der Waals surface area (Å²) in [6.45, 7) is 5.50. The fraction of sp³-hybridized carbons (Fsp3) is 0.333. The topological polar surface area (TPSA) is 99.6 Å². The quantitative estimate of drug-likeness (QED) is 0.571. The van der Waals surface area contributed by atoms with Gasteiger partial charge in [0.05, 0.1) is 22.5 Å². The number of nitrogens with zero attached hydrogens (tertiary/aromatic N) is 6. The smallest absolute Gasteiger partial charge is 0.256 e. The number of nitriles is 1. The third-order valence-corrected chi connectivity index (χ3v) is 6.88. The standard InChI is InChI=1S/C27H28FN7O2/c28-23-7-3-2-6-22(23)26(37)34-13-15-35(16-14-34)27-30-21(17-25(36)31-27)19-32-9-11-33(12-10-32)24-8-4-1-5-20(24)18-29/h1-8,17H,9-16,19H2,(H,30,31,36). The molecule has 2 saturated heterocycles. The van der Waals surface area contributed by atoms with E-state index in [1.165, 1.54) is 18.2 Å². The third kappa shape index (κ3) is 5.47. The molecule has 2 aromatic carbocycles. The van der Waals surface area contributed by atoms with E-state index in [9.17, 15) is 19.2 Å². The van der Waals surface area contributed by atoms with Gasteiger partial charge in [0.1, 0.15) is 11.9 Å². The van der Waals surface area contributed by atoms with Crippen LogP contribution in [0.4, 0.5) is 16.0 Å². The highest BCUT2D eigenvalue weighted by atomic mass is 19.1. The Balaban J connectivity index is 1.19. The average molecular weight is 502 g/mol. The maximum absolute atomic E-state index is 14.0. The van der Waals surface area contributed by atoms with Crippen molar-refractivity contribution in [2.24, 2.45) is 0 Å². The van der Waals surface area contributed by atoms with E-state index in [1.807, 2.05) is 29.2 Å².